The van der Waals surface area contributed by atoms with Gasteiger partial charge in [0.05, 0.1) is 17.8 Å². The predicted molar refractivity (Wildman–Crippen MR) is 85.7 cm³/mol. The molecule has 0 saturated heterocycles. The van der Waals surface area contributed by atoms with Crippen LogP contribution in [0, 0.1) is 0 Å². The minimum Gasteiger partial charge on any atom is -0.457 e. The summed E-state index contributed by atoms with van der Waals surface area (Å²) in [5.74, 6) is 1.19. The molecule has 6 nitrogen and oxygen atoms in total. The summed E-state index contributed by atoms with van der Waals surface area (Å²) in [6.45, 7) is 0.512. The lowest BCUT2D eigenvalue weighted by molar-refractivity contribution is 0.248. The van der Waals surface area contributed by atoms with E-state index in [2.05, 4.69) is 5.10 Å². The molecule has 1 aromatic carbocycles. The Morgan fingerprint density at radius 1 is 1.13 bits per heavy atom. The van der Waals surface area contributed by atoms with Gasteiger partial charge in [0, 0.05) is 18.6 Å². The molecule has 0 fully saturated rings. The molecule has 4 rings (SSSR count). The Balaban J connectivity index is 1.84. The van der Waals surface area contributed by atoms with Crippen molar-refractivity contribution >= 4 is 10.9 Å². The fraction of sp³-hybridized carbons (Fsp3) is 0.176. The number of furan rings is 1. The summed E-state index contributed by atoms with van der Waals surface area (Å²) in [6.07, 6.45) is 1.78. The third-order valence-corrected chi connectivity index (χ3v) is 3.94. The predicted octanol–water partition coefficient (Wildman–Crippen LogP) is 2.57. The number of aryl methyl sites for hydroxylation is 1. The van der Waals surface area contributed by atoms with Crippen LogP contribution in [0.15, 0.2) is 53.1 Å². The van der Waals surface area contributed by atoms with Gasteiger partial charge in [-0.25, -0.2) is 0 Å². The number of hydrogen-bond donors (Lipinski definition) is 1. The van der Waals surface area contributed by atoms with Crippen molar-refractivity contribution in [3.63, 3.8) is 0 Å². The minimum atomic E-state index is -0.117. The van der Waals surface area contributed by atoms with Crippen molar-refractivity contribution in [2.45, 2.75) is 13.2 Å². The summed E-state index contributed by atoms with van der Waals surface area (Å²) >= 11 is 0. The quantitative estimate of drug-likeness (QED) is 0.629. The highest BCUT2D eigenvalue weighted by atomic mass is 16.4. The summed E-state index contributed by atoms with van der Waals surface area (Å²) in [5, 5.41) is 19.1. The average Bonchev–Trinajstić information content (AvgIpc) is 3.28. The molecule has 0 radical (unpaired) electrons. The van der Waals surface area contributed by atoms with E-state index in [0.717, 1.165) is 22.3 Å². The van der Waals surface area contributed by atoms with E-state index < -0.39 is 0 Å². The van der Waals surface area contributed by atoms with Gasteiger partial charge >= 0.3 is 0 Å². The number of rotatable bonds is 4. The minimum absolute atomic E-state index is 0.117. The fourth-order valence-corrected chi connectivity index (χ4v) is 2.73. The van der Waals surface area contributed by atoms with E-state index in [1.807, 2.05) is 52.8 Å². The van der Waals surface area contributed by atoms with E-state index in [1.165, 1.54) is 0 Å². The topological polar surface area (TPSA) is 69.0 Å². The average molecular weight is 308 g/mol. The molecule has 1 N–H and O–H groups in total. The number of aliphatic hydroxyl groups excluding tert-OH is 1. The fourth-order valence-electron chi connectivity index (χ4n) is 2.73. The molecule has 0 spiro atoms. The Morgan fingerprint density at radius 2 is 2.00 bits per heavy atom. The maximum Gasteiger partial charge on any atom is 0.155 e. The maximum absolute atomic E-state index is 9.19. The summed E-state index contributed by atoms with van der Waals surface area (Å²) < 4.78 is 9.44. The largest absolute Gasteiger partial charge is 0.457 e. The molecule has 4 aromatic rings. The van der Waals surface area contributed by atoms with E-state index >= 15 is 0 Å². The molecule has 0 unspecified atom stereocenters. The number of aliphatic hydroxyl groups is 1. The molecule has 0 aliphatic rings. The molecule has 116 valence electrons. The first-order valence-corrected chi connectivity index (χ1v) is 7.38. The highest BCUT2D eigenvalue weighted by Crippen LogP contribution is 2.29. The Hall–Kier alpha value is -2.86. The molecule has 0 saturated carbocycles. The highest BCUT2D eigenvalue weighted by molar-refractivity contribution is 5.92. The van der Waals surface area contributed by atoms with Crippen LogP contribution in [-0.2, 0) is 20.2 Å². The SMILES string of the molecule is Cn1nccc1Cn1nc(-c2ccc(CO)o2)c2ccccc21. The number of fused-ring (bicyclic) bond motifs is 1. The lowest BCUT2D eigenvalue weighted by atomic mass is 10.2. The van der Waals surface area contributed by atoms with Crippen LogP contribution < -0.4 is 0 Å². The van der Waals surface area contributed by atoms with E-state index in [9.17, 15) is 5.11 Å². The molecule has 0 bridgehead atoms. The van der Waals surface area contributed by atoms with Gasteiger partial charge in [-0.05, 0) is 24.3 Å². The van der Waals surface area contributed by atoms with Gasteiger partial charge in [0.1, 0.15) is 18.1 Å². The van der Waals surface area contributed by atoms with Crippen molar-refractivity contribution in [3.8, 4) is 11.5 Å². The van der Waals surface area contributed by atoms with Gasteiger partial charge in [0.25, 0.3) is 0 Å². The Labute approximate surface area is 132 Å². The van der Waals surface area contributed by atoms with Crippen LogP contribution in [0.25, 0.3) is 22.4 Å². The van der Waals surface area contributed by atoms with Crippen LogP contribution in [0.4, 0.5) is 0 Å². The molecule has 0 amide bonds. The molecular formula is C17H16N4O2. The van der Waals surface area contributed by atoms with Crippen LogP contribution in [0.1, 0.15) is 11.5 Å². The molecule has 3 heterocycles. The van der Waals surface area contributed by atoms with Gasteiger partial charge in [0.15, 0.2) is 5.76 Å². The molecule has 0 aliphatic heterocycles. The molecule has 6 heteroatoms. The Kier molecular flexibility index (Phi) is 3.24. The third-order valence-electron chi connectivity index (χ3n) is 3.94. The van der Waals surface area contributed by atoms with Crippen molar-refractivity contribution in [2.24, 2.45) is 7.05 Å². The number of aromatic nitrogens is 4. The summed E-state index contributed by atoms with van der Waals surface area (Å²) in [6, 6.07) is 13.6. The molecule has 3 aromatic heterocycles. The number of hydrogen-bond acceptors (Lipinski definition) is 4. The number of benzene rings is 1. The van der Waals surface area contributed by atoms with Gasteiger partial charge in [-0.2, -0.15) is 10.2 Å². The number of nitrogens with zero attached hydrogens (tertiary/aromatic N) is 4. The normalized spacial score (nSPS) is 11.4. The van der Waals surface area contributed by atoms with Gasteiger partial charge in [-0.1, -0.05) is 18.2 Å². The highest BCUT2D eigenvalue weighted by Gasteiger charge is 2.15. The van der Waals surface area contributed by atoms with E-state index in [4.69, 9.17) is 9.52 Å². The van der Waals surface area contributed by atoms with Gasteiger partial charge < -0.3 is 9.52 Å². The van der Waals surface area contributed by atoms with Crippen molar-refractivity contribution in [1.29, 1.82) is 0 Å². The van der Waals surface area contributed by atoms with E-state index in [-0.39, 0.29) is 6.61 Å². The second-order valence-electron chi connectivity index (χ2n) is 5.39. The molecule has 0 aliphatic carbocycles. The van der Waals surface area contributed by atoms with Gasteiger partial charge in [-0.3, -0.25) is 9.36 Å². The summed E-state index contributed by atoms with van der Waals surface area (Å²) in [5.41, 5.74) is 2.88. The first kappa shape index (κ1) is 13.8. The van der Waals surface area contributed by atoms with Gasteiger partial charge in [-0.15, -0.1) is 0 Å². The first-order valence-electron chi connectivity index (χ1n) is 7.38. The summed E-state index contributed by atoms with van der Waals surface area (Å²) in [4.78, 5) is 0. The van der Waals surface area contributed by atoms with Crippen molar-refractivity contribution in [3.05, 3.63) is 60.1 Å². The maximum atomic E-state index is 9.19. The molecule has 0 atom stereocenters. The van der Waals surface area contributed by atoms with E-state index in [1.54, 1.807) is 12.3 Å². The van der Waals surface area contributed by atoms with Crippen LogP contribution >= 0.6 is 0 Å². The zero-order valence-corrected chi connectivity index (χ0v) is 12.7. The van der Waals surface area contributed by atoms with Crippen LogP contribution in [-0.4, -0.2) is 24.7 Å². The third kappa shape index (κ3) is 2.33. The van der Waals surface area contributed by atoms with Crippen LogP contribution in [0.2, 0.25) is 0 Å². The second-order valence-corrected chi connectivity index (χ2v) is 5.39. The second kappa shape index (κ2) is 5.40. The molecular weight excluding hydrogens is 292 g/mol. The van der Waals surface area contributed by atoms with Crippen molar-refractivity contribution in [1.82, 2.24) is 19.6 Å². The molecule has 23 heavy (non-hydrogen) atoms. The van der Waals surface area contributed by atoms with Crippen LogP contribution in [0.3, 0.4) is 0 Å². The van der Waals surface area contributed by atoms with Crippen molar-refractivity contribution in [2.75, 3.05) is 0 Å². The van der Waals surface area contributed by atoms with Gasteiger partial charge in [0.2, 0.25) is 0 Å². The Morgan fingerprint density at radius 3 is 2.74 bits per heavy atom. The smallest absolute Gasteiger partial charge is 0.155 e. The monoisotopic (exact) mass is 308 g/mol. The zero-order valence-electron chi connectivity index (χ0n) is 12.7. The standard InChI is InChI=1S/C17H16N4O2/c1-20-12(8-9-18-20)10-21-15-5-3-2-4-14(15)17(19-21)16-7-6-13(11-22)23-16/h2-9,22H,10-11H2,1H3. The number of para-hydroxylation sites is 1. The summed E-state index contributed by atoms with van der Waals surface area (Å²) in [7, 11) is 1.92. The lowest BCUT2D eigenvalue weighted by Crippen LogP contribution is -2.06. The van der Waals surface area contributed by atoms with Crippen molar-refractivity contribution < 1.29 is 9.52 Å². The lowest BCUT2D eigenvalue weighted by Gasteiger charge is -2.03. The Bertz CT molecular complexity index is 964. The first-order chi connectivity index (χ1) is 11.3. The van der Waals surface area contributed by atoms with Crippen LogP contribution in [0.5, 0.6) is 0 Å². The van der Waals surface area contributed by atoms with E-state index in [0.29, 0.717) is 18.1 Å². The zero-order chi connectivity index (χ0) is 15.8.